The average Bonchev–Trinajstić information content (AvgIpc) is 2.66. The van der Waals surface area contributed by atoms with Gasteiger partial charge < -0.3 is 20.7 Å². The molecule has 3 rings (SSSR count). The highest BCUT2D eigenvalue weighted by Gasteiger charge is 2.40. The van der Waals surface area contributed by atoms with Crippen molar-refractivity contribution in [2.45, 2.75) is 52.0 Å². The fourth-order valence-electron chi connectivity index (χ4n) is 4.71. The topological polar surface area (TPSA) is 67.6 Å². The van der Waals surface area contributed by atoms with E-state index in [0.29, 0.717) is 24.5 Å². The molecule has 2 saturated carbocycles. The minimum Gasteiger partial charge on any atom is -0.492 e. The number of hydrogen-bond donors (Lipinski definition) is 2. The quantitative estimate of drug-likeness (QED) is 0.623. The Labute approximate surface area is 187 Å². The number of nitrogens with zero attached hydrogens (tertiary/aromatic N) is 1. The monoisotopic (exact) mass is 445 g/mol. The summed E-state index contributed by atoms with van der Waals surface area (Å²) in [5.41, 5.74) is 7.19. The van der Waals surface area contributed by atoms with Crippen molar-refractivity contribution in [3.05, 3.63) is 24.3 Å². The van der Waals surface area contributed by atoms with Crippen LogP contribution >= 0.6 is 24.8 Å². The maximum absolute atomic E-state index is 12.7. The van der Waals surface area contributed by atoms with Crippen molar-refractivity contribution in [3.63, 3.8) is 0 Å². The van der Waals surface area contributed by atoms with E-state index >= 15 is 0 Å². The number of nitrogens with one attached hydrogen (secondary N) is 1. The number of amides is 1. The lowest BCUT2D eigenvalue weighted by atomic mass is 9.65. The van der Waals surface area contributed by atoms with Crippen molar-refractivity contribution in [2.24, 2.45) is 23.5 Å². The van der Waals surface area contributed by atoms with Crippen molar-refractivity contribution in [3.8, 4) is 5.75 Å². The Kier molecular flexibility index (Phi) is 11.3. The third kappa shape index (κ3) is 7.02. The molecule has 0 aromatic heterocycles. The van der Waals surface area contributed by atoms with Gasteiger partial charge in [-0.3, -0.25) is 4.79 Å². The Bertz CT molecular complexity index is 597. The number of likely N-dealkylation sites (N-methyl/N-ethyl adjacent to an activating group) is 1. The van der Waals surface area contributed by atoms with E-state index in [1.54, 1.807) is 0 Å². The molecular weight excluding hydrogens is 409 g/mol. The maximum atomic E-state index is 12.7. The van der Waals surface area contributed by atoms with Gasteiger partial charge in [-0.1, -0.05) is 20.3 Å². The van der Waals surface area contributed by atoms with Crippen molar-refractivity contribution in [1.82, 2.24) is 4.90 Å². The molecule has 0 aliphatic heterocycles. The molecule has 2 bridgehead atoms. The fraction of sp³-hybridized carbons (Fsp3) is 0.682. The predicted molar refractivity (Wildman–Crippen MR) is 124 cm³/mol. The van der Waals surface area contributed by atoms with Gasteiger partial charge in [-0.25, -0.2) is 0 Å². The largest absolute Gasteiger partial charge is 0.492 e. The Morgan fingerprint density at radius 2 is 1.69 bits per heavy atom. The van der Waals surface area contributed by atoms with Crippen LogP contribution in [0.1, 0.15) is 46.0 Å². The molecule has 1 amide bonds. The molecule has 166 valence electrons. The first kappa shape index (κ1) is 26.0. The molecule has 0 radical (unpaired) electrons. The number of rotatable bonds is 8. The molecule has 3 N–H and O–H groups in total. The van der Waals surface area contributed by atoms with Gasteiger partial charge in [0.05, 0.1) is 0 Å². The number of fused-ring (bicyclic) bond motifs is 2. The molecule has 5 nitrogen and oxygen atoms in total. The highest BCUT2D eigenvalue weighted by Crippen LogP contribution is 2.42. The lowest BCUT2D eigenvalue weighted by Crippen LogP contribution is -2.48. The summed E-state index contributed by atoms with van der Waals surface area (Å²) in [5.74, 6) is 2.14. The van der Waals surface area contributed by atoms with Crippen molar-refractivity contribution < 1.29 is 9.53 Å². The molecule has 2 aliphatic rings. The lowest BCUT2D eigenvalue weighted by Gasteiger charge is -2.43. The van der Waals surface area contributed by atoms with Crippen LogP contribution in [-0.4, -0.2) is 43.1 Å². The molecular formula is C22H37Cl2N3O2. The minimum atomic E-state index is 0. The molecule has 1 aromatic rings. The zero-order valence-corrected chi connectivity index (χ0v) is 19.3. The molecule has 0 saturated heterocycles. The lowest BCUT2D eigenvalue weighted by molar-refractivity contribution is -0.122. The van der Waals surface area contributed by atoms with Crippen LogP contribution < -0.4 is 15.8 Å². The average molecular weight is 446 g/mol. The van der Waals surface area contributed by atoms with Crippen LogP contribution in [0.5, 0.6) is 5.75 Å². The number of ether oxygens (including phenoxy) is 1. The highest BCUT2D eigenvalue weighted by molar-refractivity contribution is 5.92. The van der Waals surface area contributed by atoms with Crippen LogP contribution in [0.25, 0.3) is 0 Å². The Morgan fingerprint density at radius 3 is 2.24 bits per heavy atom. The number of halogens is 2. The first-order valence-electron chi connectivity index (χ1n) is 10.6. The summed E-state index contributed by atoms with van der Waals surface area (Å²) in [7, 11) is 0. The standard InChI is InChI=1S/C22H35N3O2.2ClH/c1-3-25(4-2)12-13-27-20-10-8-19(9-11-20)24-22(26)18-14-16-6-5-7-17(15-18)21(16)23;;/h8-11,16-18,21H,3-7,12-15,23H2,1-2H3,(H,24,26);2*1H. The molecule has 0 heterocycles. The second-order valence-corrected chi connectivity index (χ2v) is 8.09. The second kappa shape index (κ2) is 12.6. The highest BCUT2D eigenvalue weighted by atomic mass is 35.5. The molecule has 2 atom stereocenters. The van der Waals surface area contributed by atoms with E-state index in [9.17, 15) is 4.79 Å². The van der Waals surface area contributed by atoms with Gasteiger partial charge in [0, 0.05) is 24.2 Å². The minimum absolute atomic E-state index is 0. The first-order valence-corrected chi connectivity index (χ1v) is 10.6. The van der Waals surface area contributed by atoms with Gasteiger partial charge >= 0.3 is 0 Å². The zero-order valence-electron chi connectivity index (χ0n) is 17.6. The SMILES string of the molecule is CCN(CC)CCOc1ccc(NC(=O)C2CC3CCCC(C2)C3N)cc1.Cl.Cl. The summed E-state index contributed by atoms with van der Waals surface area (Å²) in [5, 5.41) is 3.09. The van der Waals surface area contributed by atoms with E-state index in [1.165, 1.54) is 19.3 Å². The van der Waals surface area contributed by atoms with E-state index < -0.39 is 0 Å². The Morgan fingerprint density at radius 1 is 1.10 bits per heavy atom. The third-order valence-electron chi connectivity index (χ3n) is 6.48. The molecule has 1 aromatic carbocycles. The van der Waals surface area contributed by atoms with Crippen LogP contribution in [0.3, 0.4) is 0 Å². The van der Waals surface area contributed by atoms with Crippen LogP contribution in [0.4, 0.5) is 5.69 Å². The zero-order chi connectivity index (χ0) is 19.2. The summed E-state index contributed by atoms with van der Waals surface area (Å²) >= 11 is 0. The number of carbonyl (C=O) groups is 1. The van der Waals surface area contributed by atoms with E-state index in [1.807, 2.05) is 24.3 Å². The second-order valence-electron chi connectivity index (χ2n) is 8.09. The summed E-state index contributed by atoms with van der Waals surface area (Å²) in [6.07, 6.45) is 5.52. The van der Waals surface area contributed by atoms with Gasteiger partial charge in [0.2, 0.25) is 5.91 Å². The van der Waals surface area contributed by atoms with Gasteiger partial charge in [0.1, 0.15) is 12.4 Å². The van der Waals surface area contributed by atoms with Gasteiger partial charge in [-0.15, -0.1) is 24.8 Å². The summed E-state index contributed by atoms with van der Waals surface area (Å²) in [4.78, 5) is 15.0. The smallest absolute Gasteiger partial charge is 0.227 e. The molecule has 2 aliphatic carbocycles. The number of hydrogen-bond acceptors (Lipinski definition) is 4. The number of anilines is 1. The van der Waals surface area contributed by atoms with Gasteiger partial charge in [0.15, 0.2) is 0 Å². The van der Waals surface area contributed by atoms with Crippen LogP contribution in [0, 0.1) is 17.8 Å². The van der Waals surface area contributed by atoms with Crippen LogP contribution in [0.2, 0.25) is 0 Å². The fourth-order valence-corrected chi connectivity index (χ4v) is 4.71. The predicted octanol–water partition coefficient (Wildman–Crippen LogP) is 4.34. The van der Waals surface area contributed by atoms with E-state index in [-0.39, 0.29) is 36.6 Å². The van der Waals surface area contributed by atoms with Gasteiger partial charge in [-0.05, 0) is 74.9 Å². The Balaban J connectivity index is 0.00000210. The molecule has 29 heavy (non-hydrogen) atoms. The first-order chi connectivity index (χ1) is 13.1. The van der Waals surface area contributed by atoms with Gasteiger partial charge in [-0.2, -0.15) is 0 Å². The maximum Gasteiger partial charge on any atom is 0.227 e. The molecule has 0 spiro atoms. The van der Waals surface area contributed by atoms with E-state index in [2.05, 4.69) is 24.1 Å². The van der Waals surface area contributed by atoms with Crippen molar-refractivity contribution in [1.29, 1.82) is 0 Å². The molecule has 2 fully saturated rings. The van der Waals surface area contributed by atoms with Crippen molar-refractivity contribution in [2.75, 3.05) is 31.6 Å². The summed E-state index contributed by atoms with van der Waals surface area (Å²) in [6.45, 7) is 8.01. The number of carbonyl (C=O) groups excluding carboxylic acids is 1. The normalized spacial score (nSPS) is 25.5. The molecule has 7 heteroatoms. The summed E-state index contributed by atoms with van der Waals surface area (Å²) in [6, 6.07) is 8.03. The summed E-state index contributed by atoms with van der Waals surface area (Å²) < 4.78 is 5.81. The third-order valence-corrected chi connectivity index (χ3v) is 6.48. The number of benzene rings is 1. The number of nitrogens with two attached hydrogens (primary N) is 1. The van der Waals surface area contributed by atoms with E-state index in [0.717, 1.165) is 43.9 Å². The van der Waals surface area contributed by atoms with Crippen LogP contribution in [0.15, 0.2) is 24.3 Å². The van der Waals surface area contributed by atoms with Crippen LogP contribution in [-0.2, 0) is 4.79 Å². The van der Waals surface area contributed by atoms with Crippen molar-refractivity contribution >= 4 is 36.4 Å². The van der Waals surface area contributed by atoms with E-state index in [4.69, 9.17) is 10.5 Å². The molecule has 2 unspecified atom stereocenters. The van der Waals surface area contributed by atoms with Gasteiger partial charge in [0.25, 0.3) is 0 Å². The Hall–Kier alpha value is -1.01.